The molecule has 8 nitrogen and oxygen atoms in total. The van der Waals surface area contributed by atoms with Crippen LogP contribution < -0.4 is 16.0 Å². The van der Waals surface area contributed by atoms with Gasteiger partial charge in [-0.15, -0.1) is 0 Å². The number of fused-ring (bicyclic) bond motifs is 1. The summed E-state index contributed by atoms with van der Waals surface area (Å²) in [5.41, 5.74) is 4.21. The highest BCUT2D eigenvalue weighted by Gasteiger charge is 2.17. The Labute approximate surface area is 179 Å². The molecule has 4 rings (SSSR count). The molecule has 0 aliphatic rings. The topological polar surface area (TPSA) is 112 Å². The number of aromatic nitrogens is 3. The number of benzene rings is 2. The molecule has 0 bridgehead atoms. The Hall–Kier alpha value is -4.20. The Bertz CT molecular complexity index is 1200. The number of imidazole rings is 1. The van der Waals surface area contributed by atoms with E-state index in [4.69, 9.17) is 0 Å². The number of rotatable bonds is 6. The second kappa shape index (κ2) is 9.08. The second-order valence-electron chi connectivity index (χ2n) is 6.90. The van der Waals surface area contributed by atoms with Crippen molar-refractivity contribution in [3.8, 4) is 11.1 Å². The lowest BCUT2D eigenvalue weighted by Gasteiger charge is -2.08. The van der Waals surface area contributed by atoms with Crippen molar-refractivity contribution in [2.75, 3.05) is 11.9 Å². The summed E-state index contributed by atoms with van der Waals surface area (Å²) in [4.78, 5) is 36.6. The molecule has 156 valence electrons. The molecule has 3 amide bonds. The maximum absolute atomic E-state index is 13.1. The molecule has 0 saturated heterocycles. The summed E-state index contributed by atoms with van der Waals surface area (Å²) in [6.07, 6.45) is 3.43. The van der Waals surface area contributed by atoms with Gasteiger partial charge in [-0.1, -0.05) is 36.4 Å². The summed E-state index contributed by atoms with van der Waals surface area (Å²) < 4.78 is 0. The highest BCUT2D eigenvalue weighted by molar-refractivity contribution is 6.07. The molecule has 31 heavy (non-hydrogen) atoms. The number of urea groups is 1. The number of hydrogen-bond donors (Lipinski definition) is 4. The monoisotopic (exact) mass is 414 g/mol. The summed E-state index contributed by atoms with van der Waals surface area (Å²) in [6, 6.07) is 16.7. The number of nitrogens with one attached hydrogen (secondary N) is 4. The van der Waals surface area contributed by atoms with Crippen molar-refractivity contribution in [3.63, 3.8) is 0 Å². The predicted molar refractivity (Wildman–Crippen MR) is 120 cm³/mol. The average molecular weight is 414 g/mol. The second-order valence-corrected chi connectivity index (χ2v) is 6.90. The van der Waals surface area contributed by atoms with Gasteiger partial charge in [0, 0.05) is 31.0 Å². The van der Waals surface area contributed by atoms with E-state index in [1.165, 1.54) is 0 Å². The Balaban J connectivity index is 1.70. The van der Waals surface area contributed by atoms with Crippen LogP contribution in [-0.4, -0.2) is 33.4 Å². The van der Waals surface area contributed by atoms with Crippen LogP contribution in [0.15, 0.2) is 67.0 Å². The minimum atomic E-state index is -0.371. The van der Waals surface area contributed by atoms with E-state index in [1.54, 1.807) is 18.5 Å². The molecule has 0 saturated carbocycles. The van der Waals surface area contributed by atoms with Gasteiger partial charge in [0.05, 0.1) is 11.1 Å². The molecule has 2 aromatic carbocycles. The Morgan fingerprint density at radius 2 is 1.84 bits per heavy atom. The summed E-state index contributed by atoms with van der Waals surface area (Å²) in [5, 5.41) is 8.26. The number of carbonyl (C=O) groups excluding carboxylic acids is 2. The van der Waals surface area contributed by atoms with Crippen molar-refractivity contribution in [1.82, 2.24) is 25.6 Å². The highest BCUT2D eigenvalue weighted by Crippen LogP contribution is 2.27. The fourth-order valence-corrected chi connectivity index (χ4v) is 3.24. The smallest absolute Gasteiger partial charge is 0.321 e. The van der Waals surface area contributed by atoms with Gasteiger partial charge in [0.1, 0.15) is 5.52 Å². The van der Waals surface area contributed by atoms with Crippen molar-refractivity contribution in [2.24, 2.45) is 0 Å². The first kappa shape index (κ1) is 20.1. The van der Waals surface area contributed by atoms with Crippen LogP contribution in [0.25, 0.3) is 22.2 Å². The van der Waals surface area contributed by atoms with Crippen molar-refractivity contribution in [3.05, 3.63) is 78.1 Å². The van der Waals surface area contributed by atoms with E-state index in [0.29, 0.717) is 29.7 Å². The van der Waals surface area contributed by atoms with Gasteiger partial charge in [0.25, 0.3) is 5.91 Å². The van der Waals surface area contributed by atoms with Crippen LogP contribution in [0, 0.1) is 0 Å². The van der Waals surface area contributed by atoms with Gasteiger partial charge in [-0.3, -0.25) is 15.1 Å². The van der Waals surface area contributed by atoms with Crippen LogP contribution in [0.2, 0.25) is 0 Å². The molecule has 8 heteroatoms. The Morgan fingerprint density at radius 1 is 1.00 bits per heavy atom. The van der Waals surface area contributed by atoms with Gasteiger partial charge in [0.15, 0.2) is 0 Å². The maximum Gasteiger partial charge on any atom is 0.321 e. The quantitative estimate of drug-likeness (QED) is 0.385. The highest BCUT2D eigenvalue weighted by atomic mass is 16.2. The SMILES string of the molecule is CCNC(=O)Nc1nc2c(C(=O)NCc3ccccc3)cc(-c3cccnc3)cc2[nH]1. The van der Waals surface area contributed by atoms with E-state index < -0.39 is 0 Å². The van der Waals surface area contributed by atoms with Crippen LogP contribution in [-0.2, 0) is 6.54 Å². The van der Waals surface area contributed by atoms with Crippen LogP contribution in [0.1, 0.15) is 22.8 Å². The molecule has 2 heterocycles. The van der Waals surface area contributed by atoms with Gasteiger partial charge in [0.2, 0.25) is 5.95 Å². The van der Waals surface area contributed by atoms with Crippen LogP contribution >= 0.6 is 0 Å². The predicted octanol–water partition coefficient (Wildman–Crippen LogP) is 3.70. The first-order chi connectivity index (χ1) is 15.1. The Morgan fingerprint density at radius 3 is 2.58 bits per heavy atom. The normalized spacial score (nSPS) is 10.6. The average Bonchev–Trinajstić information content (AvgIpc) is 3.20. The molecular weight excluding hydrogens is 392 g/mol. The fraction of sp³-hybridized carbons (Fsp3) is 0.130. The van der Waals surface area contributed by atoms with Gasteiger partial charge < -0.3 is 15.6 Å². The van der Waals surface area contributed by atoms with Crippen LogP contribution in [0.3, 0.4) is 0 Å². The molecule has 0 unspecified atom stereocenters. The van der Waals surface area contributed by atoms with E-state index in [0.717, 1.165) is 16.7 Å². The van der Waals surface area contributed by atoms with E-state index in [9.17, 15) is 9.59 Å². The van der Waals surface area contributed by atoms with Gasteiger partial charge in [-0.25, -0.2) is 9.78 Å². The van der Waals surface area contributed by atoms with E-state index >= 15 is 0 Å². The third-order valence-electron chi connectivity index (χ3n) is 4.69. The minimum Gasteiger partial charge on any atom is -0.348 e. The Kier molecular flexibility index (Phi) is 5.89. The number of nitrogens with zero attached hydrogens (tertiary/aromatic N) is 2. The van der Waals surface area contributed by atoms with Crippen molar-refractivity contribution < 1.29 is 9.59 Å². The number of hydrogen-bond acceptors (Lipinski definition) is 4. The molecule has 2 aromatic heterocycles. The number of anilines is 1. The van der Waals surface area contributed by atoms with Crippen molar-refractivity contribution >= 4 is 28.9 Å². The summed E-state index contributed by atoms with van der Waals surface area (Å²) in [6.45, 7) is 2.71. The standard InChI is InChI=1S/C23H22N6O2/c1-2-25-23(31)29-22-27-19-12-17(16-9-6-10-24-14-16)11-18(20(19)28-22)21(30)26-13-15-7-4-3-5-8-15/h3-12,14H,2,13H2,1H3,(H,26,30)(H3,25,27,28,29,31). The minimum absolute atomic E-state index is 0.254. The molecule has 0 fully saturated rings. The molecule has 4 aromatic rings. The number of aromatic amines is 1. The summed E-state index contributed by atoms with van der Waals surface area (Å²) in [7, 11) is 0. The van der Waals surface area contributed by atoms with Crippen molar-refractivity contribution in [2.45, 2.75) is 13.5 Å². The molecule has 0 radical (unpaired) electrons. The first-order valence-corrected chi connectivity index (χ1v) is 9.95. The van der Waals surface area contributed by atoms with Crippen molar-refractivity contribution in [1.29, 1.82) is 0 Å². The van der Waals surface area contributed by atoms with Gasteiger partial charge >= 0.3 is 6.03 Å². The zero-order valence-corrected chi connectivity index (χ0v) is 17.0. The number of H-pyrrole nitrogens is 1. The summed E-state index contributed by atoms with van der Waals surface area (Å²) >= 11 is 0. The maximum atomic E-state index is 13.1. The molecule has 0 aliphatic heterocycles. The molecule has 0 atom stereocenters. The van der Waals surface area contributed by atoms with Crippen LogP contribution in [0.5, 0.6) is 0 Å². The molecule has 4 N–H and O–H groups in total. The third kappa shape index (κ3) is 4.69. The number of carbonyl (C=O) groups is 2. The van der Waals surface area contributed by atoms with E-state index in [-0.39, 0.29) is 17.9 Å². The lowest BCUT2D eigenvalue weighted by molar-refractivity contribution is 0.0952. The zero-order valence-electron chi connectivity index (χ0n) is 17.0. The first-order valence-electron chi connectivity index (χ1n) is 9.95. The van der Waals surface area contributed by atoms with E-state index in [1.807, 2.05) is 55.5 Å². The zero-order chi connectivity index (χ0) is 21.6. The largest absolute Gasteiger partial charge is 0.348 e. The van der Waals surface area contributed by atoms with E-state index in [2.05, 4.69) is 30.9 Å². The number of pyridine rings is 1. The lowest BCUT2D eigenvalue weighted by Crippen LogP contribution is -2.28. The van der Waals surface area contributed by atoms with Crippen LogP contribution in [0.4, 0.5) is 10.7 Å². The lowest BCUT2D eigenvalue weighted by atomic mass is 10.0. The van der Waals surface area contributed by atoms with Gasteiger partial charge in [-0.05, 0) is 36.2 Å². The molecule has 0 spiro atoms. The van der Waals surface area contributed by atoms with Gasteiger partial charge in [-0.2, -0.15) is 0 Å². The third-order valence-corrected chi connectivity index (χ3v) is 4.69. The molecular formula is C23H22N6O2. The fourth-order valence-electron chi connectivity index (χ4n) is 3.24. The number of amides is 3. The molecule has 0 aliphatic carbocycles. The summed E-state index contributed by atoms with van der Waals surface area (Å²) in [5.74, 6) is 0.0112.